The SMILES string of the molecule is COc1ccc(OC)c(CC2=CC=C(C(=O)Nc3cc(OC)c(OC)cc3C)C2)c1. The quantitative estimate of drug-likeness (QED) is 0.697. The second kappa shape index (κ2) is 9.39. The number of aryl methyl sites for hydroxylation is 1. The Balaban J connectivity index is 1.68. The molecule has 0 atom stereocenters. The van der Waals surface area contributed by atoms with E-state index in [9.17, 15) is 4.79 Å². The molecule has 2 aromatic carbocycles. The van der Waals surface area contributed by atoms with Gasteiger partial charge in [0.2, 0.25) is 0 Å². The van der Waals surface area contributed by atoms with E-state index in [4.69, 9.17) is 18.9 Å². The first-order chi connectivity index (χ1) is 14.5. The number of anilines is 1. The zero-order valence-corrected chi connectivity index (χ0v) is 18.0. The molecule has 0 fully saturated rings. The molecule has 2 aromatic rings. The number of rotatable bonds is 8. The minimum absolute atomic E-state index is 0.130. The van der Waals surface area contributed by atoms with Gasteiger partial charge in [0.25, 0.3) is 5.91 Å². The average molecular weight is 409 g/mol. The number of ether oxygens (including phenoxy) is 4. The van der Waals surface area contributed by atoms with E-state index in [1.165, 1.54) is 0 Å². The van der Waals surface area contributed by atoms with Crippen LogP contribution >= 0.6 is 0 Å². The highest BCUT2D eigenvalue weighted by molar-refractivity contribution is 6.05. The van der Waals surface area contributed by atoms with E-state index in [0.29, 0.717) is 35.6 Å². The summed E-state index contributed by atoms with van der Waals surface area (Å²) in [7, 11) is 6.45. The summed E-state index contributed by atoms with van der Waals surface area (Å²) >= 11 is 0. The molecule has 1 amide bonds. The summed E-state index contributed by atoms with van der Waals surface area (Å²) < 4.78 is 21.4. The summed E-state index contributed by atoms with van der Waals surface area (Å²) in [6.07, 6.45) is 5.13. The molecule has 0 aromatic heterocycles. The molecule has 0 unspecified atom stereocenters. The number of hydrogen-bond donors (Lipinski definition) is 1. The van der Waals surface area contributed by atoms with Gasteiger partial charge in [-0.05, 0) is 49.6 Å². The Hall–Kier alpha value is -3.41. The number of methoxy groups -OCH3 is 4. The van der Waals surface area contributed by atoms with Gasteiger partial charge in [-0.1, -0.05) is 17.7 Å². The molecular formula is C24H27NO5. The van der Waals surface area contributed by atoms with E-state index in [1.807, 2.05) is 43.3 Å². The Labute approximate surface area is 177 Å². The topological polar surface area (TPSA) is 66.0 Å². The van der Waals surface area contributed by atoms with E-state index >= 15 is 0 Å². The number of benzene rings is 2. The molecule has 0 aliphatic heterocycles. The standard InChI is InChI=1S/C24H27NO5/c1-15-10-22(29-4)23(30-5)14-20(15)25-24(26)17-7-6-16(11-17)12-18-13-19(27-2)8-9-21(18)28-3/h6-10,13-14H,11-12H2,1-5H3,(H,25,26). The fourth-order valence-electron chi connectivity index (χ4n) is 3.44. The normalized spacial score (nSPS) is 12.7. The highest BCUT2D eigenvalue weighted by Crippen LogP contribution is 2.34. The van der Waals surface area contributed by atoms with Crippen molar-refractivity contribution in [2.45, 2.75) is 19.8 Å². The minimum Gasteiger partial charge on any atom is -0.497 e. The molecule has 158 valence electrons. The van der Waals surface area contributed by atoms with Crippen LogP contribution in [0.2, 0.25) is 0 Å². The molecule has 1 aliphatic rings. The lowest BCUT2D eigenvalue weighted by Gasteiger charge is -2.14. The van der Waals surface area contributed by atoms with Crippen LogP contribution in [-0.4, -0.2) is 34.3 Å². The van der Waals surface area contributed by atoms with Gasteiger partial charge in [-0.15, -0.1) is 0 Å². The van der Waals surface area contributed by atoms with Gasteiger partial charge in [-0.25, -0.2) is 0 Å². The van der Waals surface area contributed by atoms with Crippen molar-refractivity contribution in [1.29, 1.82) is 0 Å². The third kappa shape index (κ3) is 4.59. The van der Waals surface area contributed by atoms with Gasteiger partial charge in [0.15, 0.2) is 11.5 Å². The number of nitrogens with one attached hydrogen (secondary N) is 1. The van der Waals surface area contributed by atoms with Crippen LogP contribution in [0, 0.1) is 6.92 Å². The van der Waals surface area contributed by atoms with Crippen LogP contribution in [-0.2, 0) is 11.2 Å². The maximum Gasteiger partial charge on any atom is 0.251 e. The Bertz CT molecular complexity index is 1010. The second-order valence-corrected chi connectivity index (χ2v) is 7.02. The molecule has 0 spiro atoms. The fraction of sp³-hybridized carbons (Fsp3) is 0.292. The number of carbonyl (C=O) groups is 1. The Morgan fingerprint density at radius 2 is 1.60 bits per heavy atom. The summed E-state index contributed by atoms with van der Waals surface area (Å²) in [5, 5.41) is 2.98. The smallest absolute Gasteiger partial charge is 0.251 e. The molecule has 0 saturated carbocycles. The second-order valence-electron chi connectivity index (χ2n) is 7.02. The van der Waals surface area contributed by atoms with Crippen LogP contribution in [0.1, 0.15) is 17.5 Å². The van der Waals surface area contributed by atoms with E-state index < -0.39 is 0 Å². The molecule has 0 saturated heterocycles. The maximum atomic E-state index is 12.8. The van der Waals surface area contributed by atoms with Crippen molar-refractivity contribution in [1.82, 2.24) is 0 Å². The van der Waals surface area contributed by atoms with Crippen LogP contribution in [0.4, 0.5) is 5.69 Å². The van der Waals surface area contributed by atoms with Crippen molar-refractivity contribution in [2.24, 2.45) is 0 Å². The molecule has 1 N–H and O–H groups in total. The maximum absolute atomic E-state index is 12.8. The van der Waals surface area contributed by atoms with Gasteiger partial charge in [0.1, 0.15) is 11.5 Å². The Morgan fingerprint density at radius 3 is 2.27 bits per heavy atom. The van der Waals surface area contributed by atoms with Crippen molar-refractivity contribution >= 4 is 11.6 Å². The summed E-state index contributed by atoms with van der Waals surface area (Å²) in [5.74, 6) is 2.65. The third-order valence-electron chi connectivity index (χ3n) is 5.11. The Kier molecular flexibility index (Phi) is 6.67. The van der Waals surface area contributed by atoms with Gasteiger partial charge < -0.3 is 24.3 Å². The molecule has 0 radical (unpaired) electrons. The van der Waals surface area contributed by atoms with Crippen LogP contribution in [0.25, 0.3) is 0 Å². The molecule has 6 nitrogen and oxygen atoms in total. The minimum atomic E-state index is -0.130. The van der Waals surface area contributed by atoms with Crippen molar-refractivity contribution < 1.29 is 23.7 Å². The van der Waals surface area contributed by atoms with Gasteiger partial charge in [0, 0.05) is 22.9 Å². The van der Waals surface area contributed by atoms with Crippen molar-refractivity contribution in [3.63, 3.8) is 0 Å². The van der Waals surface area contributed by atoms with Crippen LogP contribution in [0.3, 0.4) is 0 Å². The number of carbonyl (C=O) groups excluding carboxylic acids is 1. The number of allylic oxidation sites excluding steroid dienone is 3. The van der Waals surface area contributed by atoms with Crippen LogP contribution < -0.4 is 24.3 Å². The van der Waals surface area contributed by atoms with Gasteiger partial charge in [-0.3, -0.25) is 4.79 Å². The zero-order valence-electron chi connectivity index (χ0n) is 18.0. The fourth-order valence-corrected chi connectivity index (χ4v) is 3.44. The summed E-state index contributed by atoms with van der Waals surface area (Å²) in [6.45, 7) is 1.92. The number of hydrogen-bond acceptors (Lipinski definition) is 5. The predicted molar refractivity (Wildman–Crippen MR) is 117 cm³/mol. The monoisotopic (exact) mass is 409 g/mol. The molecular weight excluding hydrogens is 382 g/mol. The molecule has 0 heterocycles. The average Bonchev–Trinajstić information content (AvgIpc) is 3.23. The molecule has 0 bridgehead atoms. The first-order valence-electron chi connectivity index (χ1n) is 9.62. The predicted octanol–water partition coefficient (Wildman–Crippen LogP) is 4.47. The Morgan fingerprint density at radius 1 is 0.900 bits per heavy atom. The van der Waals surface area contributed by atoms with Crippen molar-refractivity contribution in [2.75, 3.05) is 33.8 Å². The summed E-state index contributed by atoms with van der Waals surface area (Å²) in [6, 6.07) is 9.34. The molecule has 1 aliphatic carbocycles. The van der Waals surface area contributed by atoms with Crippen LogP contribution in [0.5, 0.6) is 23.0 Å². The van der Waals surface area contributed by atoms with Crippen LogP contribution in [0.15, 0.2) is 53.6 Å². The molecule has 30 heavy (non-hydrogen) atoms. The van der Waals surface area contributed by atoms with Crippen molar-refractivity contribution in [3.8, 4) is 23.0 Å². The first kappa shape index (κ1) is 21.3. The zero-order chi connectivity index (χ0) is 21.7. The largest absolute Gasteiger partial charge is 0.497 e. The van der Waals surface area contributed by atoms with Gasteiger partial charge >= 0.3 is 0 Å². The van der Waals surface area contributed by atoms with Gasteiger partial charge in [-0.2, -0.15) is 0 Å². The van der Waals surface area contributed by atoms with E-state index in [1.54, 1.807) is 34.5 Å². The summed E-state index contributed by atoms with van der Waals surface area (Å²) in [4.78, 5) is 12.8. The molecule has 3 rings (SSSR count). The lowest BCUT2D eigenvalue weighted by molar-refractivity contribution is -0.112. The highest BCUT2D eigenvalue weighted by atomic mass is 16.5. The summed E-state index contributed by atoms with van der Waals surface area (Å²) in [5.41, 5.74) is 4.46. The third-order valence-corrected chi connectivity index (χ3v) is 5.11. The highest BCUT2D eigenvalue weighted by Gasteiger charge is 2.19. The first-order valence-corrected chi connectivity index (χ1v) is 9.62. The van der Waals surface area contributed by atoms with Gasteiger partial charge in [0.05, 0.1) is 28.4 Å². The van der Waals surface area contributed by atoms with E-state index in [-0.39, 0.29) is 5.91 Å². The number of amides is 1. The van der Waals surface area contributed by atoms with E-state index in [2.05, 4.69) is 5.32 Å². The lowest BCUT2D eigenvalue weighted by atomic mass is 10.0. The van der Waals surface area contributed by atoms with Crippen molar-refractivity contribution in [3.05, 3.63) is 64.8 Å². The lowest BCUT2D eigenvalue weighted by Crippen LogP contribution is -2.15. The van der Waals surface area contributed by atoms with E-state index in [0.717, 1.165) is 28.2 Å². The molecule has 6 heteroatoms.